The average Bonchev–Trinajstić information content (AvgIpc) is 3.06. The minimum Gasteiger partial charge on any atom is -0.382 e. The van der Waals surface area contributed by atoms with Crippen LogP contribution in [0.5, 0.6) is 0 Å². The van der Waals surface area contributed by atoms with Gasteiger partial charge in [0.2, 0.25) is 0 Å². The molecular formula is C21H29N5S. The van der Waals surface area contributed by atoms with Gasteiger partial charge in [-0.05, 0) is 51.8 Å². The van der Waals surface area contributed by atoms with E-state index in [1.807, 2.05) is 0 Å². The Kier molecular flexibility index (Phi) is 4.72. The highest BCUT2D eigenvalue weighted by atomic mass is 32.1. The van der Waals surface area contributed by atoms with Gasteiger partial charge in [0.05, 0.1) is 15.2 Å². The maximum absolute atomic E-state index is 6.19. The van der Waals surface area contributed by atoms with Gasteiger partial charge in [0.1, 0.15) is 5.52 Å². The second-order valence-corrected chi connectivity index (χ2v) is 9.46. The quantitative estimate of drug-likeness (QED) is 0.731. The number of hydrogen-bond acceptors (Lipinski definition) is 6. The lowest BCUT2D eigenvalue weighted by Gasteiger charge is -2.43. The van der Waals surface area contributed by atoms with E-state index in [9.17, 15) is 0 Å². The lowest BCUT2D eigenvalue weighted by molar-refractivity contribution is 0.128. The molecule has 3 heterocycles. The van der Waals surface area contributed by atoms with Crippen LogP contribution in [-0.2, 0) is 6.42 Å². The molecule has 1 aliphatic rings. The fourth-order valence-corrected chi connectivity index (χ4v) is 5.06. The van der Waals surface area contributed by atoms with E-state index >= 15 is 0 Å². The molecule has 0 radical (unpaired) electrons. The first-order valence-electron chi connectivity index (χ1n) is 9.85. The zero-order chi connectivity index (χ0) is 19.2. The van der Waals surface area contributed by atoms with E-state index < -0.39 is 0 Å². The van der Waals surface area contributed by atoms with E-state index in [4.69, 9.17) is 10.7 Å². The number of aromatic nitrogens is 2. The van der Waals surface area contributed by atoms with Crippen molar-refractivity contribution >= 4 is 44.0 Å². The van der Waals surface area contributed by atoms with Gasteiger partial charge in [-0.15, -0.1) is 11.3 Å². The van der Waals surface area contributed by atoms with Crippen LogP contribution in [0.15, 0.2) is 18.2 Å². The molecule has 0 atom stereocenters. The summed E-state index contributed by atoms with van der Waals surface area (Å²) in [5.41, 5.74) is 9.52. The Labute approximate surface area is 165 Å². The first-order chi connectivity index (χ1) is 12.9. The lowest BCUT2D eigenvalue weighted by atomic mass is 10.0. The molecule has 2 aromatic heterocycles. The van der Waals surface area contributed by atoms with Crippen LogP contribution in [-0.4, -0.2) is 46.6 Å². The van der Waals surface area contributed by atoms with Gasteiger partial charge >= 0.3 is 0 Å². The highest BCUT2D eigenvalue weighted by molar-refractivity contribution is 7.19. The number of thiazole rings is 1. The minimum atomic E-state index is 0.238. The van der Waals surface area contributed by atoms with Crippen LogP contribution >= 0.6 is 11.3 Å². The van der Waals surface area contributed by atoms with Gasteiger partial charge in [-0.3, -0.25) is 4.90 Å². The van der Waals surface area contributed by atoms with Crippen LogP contribution in [0.4, 0.5) is 11.5 Å². The van der Waals surface area contributed by atoms with Crippen LogP contribution in [0.1, 0.15) is 39.1 Å². The maximum atomic E-state index is 6.19. The number of anilines is 2. The topological polar surface area (TPSA) is 58.3 Å². The van der Waals surface area contributed by atoms with Gasteiger partial charge in [0.25, 0.3) is 0 Å². The molecular weight excluding hydrogens is 354 g/mol. The van der Waals surface area contributed by atoms with Gasteiger partial charge in [-0.2, -0.15) is 0 Å². The molecule has 4 rings (SSSR count). The Balaban J connectivity index is 1.69. The van der Waals surface area contributed by atoms with Crippen molar-refractivity contribution in [2.45, 2.75) is 46.1 Å². The number of nitrogens with two attached hydrogens (primary N) is 1. The Morgan fingerprint density at radius 3 is 2.52 bits per heavy atom. The van der Waals surface area contributed by atoms with Gasteiger partial charge in [0.15, 0.2) is 5.82 Å². The van der Waals surface area contributed by atoms with Crippen molar-refractivity contribution in [1.82, 2.24) is 14.9 Å². The number of nitrogens with zero attached hydrogens (tertiary/aromatic N) is 4. The molecule has 1 aromatic carbocycles. The third-order valence-electron chi connectivity index (χ3n) is 5.44. The van der Waals surface area contributed by atoms with Crippen LogP contribution in [0.3, 0.4) is 0 Å². The summed E-state index contributed by atoms with van der Waals surface area (Å²) in [6.07, 6.45) is 2.09. The summed E-state index contributed by atoms with van der Waals surface area (Å²) in [6.45, 7) is 13.4. The first-order valence-corrected chi connectivity index (χ1v) is 10.7. The summed E-state index contributed by atoms with van der Waals surface area (Å²) >= 11 is 1.77. The Bertz CT molecular complexity index is 964. The van der Waals surface area contributed by atoms with Crippen molar-refractivity contribution in [2.24, 2.45) is 0 Å². The third-order valence-corrected chi connectivity index (χ3v) is 6.59. The Morgan fingerprint density at radius 2 is 1.85 bits per heavy atom. The molecule has 1 saturated heterocycles. The van der Waals surface area contributed by atoms with Crippen LogP contribution in [0.25, 0.3) is 21.1 Å². The number of piperazine rings is 1. The number of rotatable bonds is 3. The zero-order valence-electron chi connectivity index (χ0n) is 16.7. The molecule has 1 aliphatic heterocycles. The molecule has 0 aliphatic carbocycles. The van der Waals surface area contributed by atoms with E-state index in [-0.39, 0.29) is 5.54 Å². The van der Waals surface area contributed by atoms with Crippen molar-refractivity contribution in [3.8, 4) is 0 Å². The SMILES string of the molecule is CCCc1nc2c(N)nc3ccc(N4CCN(C(C)(C)C)CC4)cc3c2s1. The van der Waals surface area contributed by atoms with Crippen molar-refractivity contribution in [3.05, 3.63) is 23.2 Å². The number of fused-ring (bicyclic) bond motifs is 3. The molecule has 0 spiro atoms. The molecule has 6 heteroatoms. The Morgan fingerprint density at radius 1 is 1.11 bits per heavy atom. The number of benzene rings is 1. The second-order valence-electron chi connectivity index (χ2n) is 8.38. The van der Waals surface area contributed by atoms with E-state index in [1.165, 1.54) is 15.8 Å². The summed E-state index contributed by atoms with van der Waals surface area (Å²) in [6, 6.07) is 6.57. The molecule has 0 saturated carbocycles. The summed E-state index contributed by atoms with van der Waals surface area (Å²) in [7, 11) is 0. The smallest absolute Gasteiger partial charge is 0.151 e. The predicted octanol–water partition coefficient (Wildman–Crippen LogP) is 4.30. The van der Waals surface area contributed by atoms with Gasteiger partial charge in [0, 0.05) is 42.8 Å². The summed E-state index contributed by atoms with van der Waals surface area (Å²) in [4.78, 5) is 14.4. The molecule has 0 unspecified atom stereocenters. The molecule has 1 fully saturated rings. The highest BCUT2D eigenvalue weighted by Crippen LogP contribution is 2.35. The second kappa shape index (κ2) is 6.91. The summed E-state index contributed by atoms with van der Waals surface area (Å²) < 4.78 is 1.18. The zero-order valence-corrected chi connectivity index (χ0v) is 17.6. The monoisotopic (exact) mass is 383 g/mol. The fraction of sp³-hybridized carbons (Fsp3) is 0.524. The Hall–Kier alpha value is -1.92. The van der Waals surface area contributed by atoms with Gasteiger partial charge in [-0.25, -0.2) is 9.97 Å². The molecule has 144 valence electrons. The highest BCUT2D eigenvalue weighted by Gasteiger charge is 2.26. The van der Waals surface area contributed by atoms with Crippen molar-refractivity contribution in [3.63, 3.8) is 0 Å². The predicted molar refractivity (Wildman–Crippen MR) is 117 cm³/mol. The number of hydrogen-bond donors (Lipinski definition) is 1. The van der Waals surface area contributed by atoms with Crippen molar-refractivity contribution in [1.29, 1.82) is 0 Å². The molecule has 0 bridgehead atoms. The standard InChI is InChI=1S/C21H29N5S/c1-5-6-17-24-18-19(27-17)15-13-14(7-8-16(15)23-20(18)22)25-9-11-26(12-10-25)21(2,3)4/h7-8,13H,5-6,9-12H2,1-4H3,(H2,22,23). The van der Waals surface area contributed by atoms with Gasteiger partial charge in [-0.1, -0.05) is 6.92 Å². The molecule has 5 nitrogen and oxygen atoms in total. The average molecular weight is 384 g/mol. The lowest BCUT2D eigenvalue weighted by Crippen LogP contribution is -2.53. The fourth-order valence-electron chi connectivity index (χ4n) is 3.86. The number of nitrogen functional groups attached to an aromatic ring is 1. The molecule has 27 heavy (non-hydrogen) atoms. The summed E-state index contributed by atoms with van der Waals surface area (Å²) in [5.74, 6) is 0.544. The van der Waals surface area contributed by atoms with Crippen molar-refractivity contribution in [2.75, 3.05) is 36.8 Å². The summed E-state index contributed by atoms with van der Waals surface area (Å²) in [5, 5.41) is 2.33. The third kappa shape index (κ3) is 3.48. The first kappa shape index (κ1) is 18.4. The normalized spacial score (nSPS) is 16.5. The van der Waals surface area contributed by atoms with Gasteiger partial charge < -0.3 is 10.6 Å². The van der Waals surface area contributed by atoms with Crippen LogP contribution < -0.4 is 10.6 Å². The van der Waals surface area contributed by atoms with Crippen molar-refractivity contribution < 1.29 is 0 Å². The minimum absolute atomic E-state index is 0.238. The maximum Gasteiger partial charge on any atom is 0.151 e. The van der Waals surface area contributed by atoms with Crippen LogP contribution in [0, 0.1) is 0 Å². The van der Waals surface area contributed by atoms with E-state index in [0.29, 0.717) is 5.82 Å². The van der Waals surface area contributed by atoms with E-state index in [1.54, 1.807) is 11.3 Å². The molecule has 3 aromatic rings. The van der Waals surface area contributed by atoms with Crippen LogP contribution in [0.2, 0.25) is 0 Å². The van der Waals surface area contributed by atoms with E-state index in [2.05, 4.69) is 60.7 Å². The molecule has 2 N–H and O–H groups in total. The van der Waals surface area contributed by atoms with E-state index in [0.717, 1.165) is 55.1 Å². The number of aryl methyl sites for hydroxylation is 1. The largest absolute Gasteiger partial charge is 0.382 e. The number of pyridine rings is 1. The molecule has 0 amide bonds.